The highest BCUT2D eigenvalue weighted by Gasteiger charge is 2.32. The smallest absolute Gasteiger partial charge is 0.223 e. The van der Waals surface area contributed by atoms with E-state index in [-0.39, 0.29) is 5.91 Å². The molecule has 5 heteroatoms. The van der Waals surface area contributed by atoms with E-state index >= 15 is 0 Å². The Morgan fingerprint density at radius 1 is 1.04 bits per heavy atom. The highest BCUT2D eigenvalue weighted by atomic mass is 16.5. The minimum atomic E-state index is 0.276. The highest BCUT2D eigenvalue weighted by Crippen LogP contribution is 2.28. The molecular weight excluding hydrogens is 316 g/mol. The van der Waals surface area contributed by atoms with Crippen molar-refractivity contribution in [1.29, 1.82) is 0 Å². The molecule has 1 aliphatic carbocycles. The summed E-state index contributed by atoms with van der Waals surface area (Å²) in [5.41, 5.74) is 0. The number of methoxy groups -OCH3 is 1. The molecule has 3 fully saturated rings. The lowest BCUT2D eigenvalue weighted by molar-refractivity contribution is -0.134. The lowest BCUT2D eigenvalue weighted by atomic mass is 9.86. The van der Waals surface area contributed by atoms with Crippen LogP contribution in [0.25, 0.3) is 0 Å². The van der Waals surface area contributed by atoms with Gasteiger partial charge in [-0.25, -0.2) is 0 Å². The second-order valence-electron chi connectivity index (χ2n) is 8.36. The molecule has 0 bridgehead atoms. The van der Waals surface area contributed by atoms with Gasteiger partial charge in [-0.1, -0.05) is 19.3 Å². The van der Waals surface area contributed by atoms with Crippen LogP contribution in [0.3, 0.4) is 0 Å². The number of likely N-dealkylation sites (tertiary alicyclic amines) is 2. The van der Waals surface area contributed by atoms with Crippen LogP contribution in [-0.4, -0.2) is 61.5 Å². The fourth-order valence-electron chi connectivity index (χ4n) is 4.82. The SMILES string of the molecule is COCC1CC(=O)N(CC2CCN(C(=O)CC3CCCCC3)CC2)C1. The highest BCUT2D eigenvalue weighted by molar-refractivity contribution is 5.78. The van der Waals surface area contributed by atoms with E-state index in [0.717, 1.165) is 45.4 Å². The van der Waals surface area contributed by atoms with Gasteiger partial charge < -0.3 is 14.5 Å². The van der Waals surface area contributed by atoms with Gasteiger partial charge >= 0.3 is 0 Å². The van der Waals surface area contributed by atoms with Crippen LogP contribution in [0.1, 0.15) is 57.8 Å². The van der Waals surface area contributed by atoms with E-state index in [1.165, 1.54) is 32.1 Å². The summed E-state index contributed by atoms with van der Waals surface area (Å²) in [6.07, 6.45) is 9.88. The Bertz CT molecular complexity index is 454. The Morgan fingerprint density at radius 3 is 2.44 bits per heavy atom. The molecule has 0 radical (unpaired) electrons. The molecule has 1 saturated carbocycles. The largest absolute Gasteiger partial charge is 0.384 e. The molecule has 5 nitrogen and oxygen atoms in total. The monoisotopic (exact) mass is 350 g/mol. The number of hydrogen-bond acceptors (Lipinski definition) is 3. The number of hydrogen-bond donors (Lipinski definition) is 0. The molecule has 1 atom stereocenters. The summed E-state index contributed by atoms with van der Waals surface area (Å²) in [4.78, 5) is 28.8. The van der Waals surface area contributed by atoms with E-state index in [1.54, 1.807) is 7.11 Å². The summed E-state index contributed by atoms with van der Waals surface area (Å²) in [5, 5.41) is 0. The van der Waals surface area contributed by atoms with Gasteiger partial charge in [-0.15, -0.1) is 0 Å². The molecule has 142 valence electrons. The molecule has 0 aromatic carbocycles. The lowest BCUT2D eigenvalue weighted by Crippen LogP contribution is -2.42. The van der Waals surface area contributed by atoms with Crippen molar-refractivity contribution in [2.24, 2.45) is 17.8 Å². The zero-order valence-corrected chi connectivity index (χ0v) is 15.8. The van der Waals surface area contributed by atoms with Crippen LogP contribution >= 0.6 is 0 Å². The number of rotatable bonds is 6. The first-order valence-corrected chi connectivity index (χ1v) is 10.2. The van der Waals surface area contributed by atoms with Crippen molar-refractivity contribution in [1.82, 2.24) is 9.80 Å². The Hall–Kier alpha value is -1.10. The second-order valence-corrected chi connectivity index (χ2v) is 8.36. The number of carbonyl (C=O) groups excluding carboxylic acids is 2. The Labute approximate surface area is 152 Å². The van der Waals surface area contributed by atoms with Gasteiger partial charge in [0, 0.05) is 52.0 Å². The first-order chi connectivity index (χ1) is 12.2. The molecule has 2 amide bonds. The van der Waals surface area contributed by atoms with E-state index < -0.39 is 0 Å². The molecule has 2 aliphatic heterocycles. The first kappa shape index (κ1) is 18.7. The Morgan fingerprint density at radius 2 is 1.76 bits per heavy atom. The van der Waals surface area contributed by atoms with Gasteiger partial charge in [-0.05, 0) is 37.5 Å². The Kier molecular flexibility index (Phi) is 6.74. The van der Waals surface area contributed by atoms with Gasteiger partial charge in [0.05, 0.1) is 6.61 Å². The van der Waals surface area contributed by atoms with Crippen LogP contribution in [0.2, 0.25) is 0 Å². The van der Waals surface area contributed by atoms with Crippen LogP contribution in [0.5, 0.6) is 0 Å². The summed E-state index contributed by atoms with van der Waals surface area (Å²) in [7, 11) is 1.70. The van der Waals surface area contributed by atoms with Crippen LogP contribution in [-0.2, 0) is 14.3 Å². The molecule has 2 heterocycles. The van der Waals surface area contributed by atoms with Crippen LogP contribution < -0.4 is 0 Å². The van der Waals surface area contributed by atoms with Crippen molar-refractivity contribution in [3.8, 4) is 0 Å². The minimum absolute atomic E-state index is 0.276. The lowest BCUT2D eigenvalue weighted by Gasteiger charge is -2.35. The molecule has 1 unspecified atom stereocenters. The van der Waals surface area contributed by atoms with E-state index in [2.05, 4.69) is 4.90 Å². The van der Waals surface area contributed by atoms with Gasteiger partial charge in [-0.2, -0.15) is 0 Å². The predicted octanol–water partition coefficient (Wildman–Crippen LogP) is 2.69. The summed E-state index contributed by atoms with van der Waals surface area (Å²) < 4.78 is 5.19. The zero-order chi connectivity index (χ0) is 17.6. The maximum atomic E-state index is 12.5. The summed E-state index contributed by atoms with van der Waals surface area (Å²) in [6, 6.07) is 0. The summed E-state index contributed by atoms with van der Waals surface area (Å²) in [5.74, 6) is 2.16. The fourth-order valence-corrected chi connectivity index (χ4v) is 4.82. The van der Waals surface area contributed by atoms with E-state index in [4.69, 9.17) is 4.74 Å². The van der Waals surface area contributed by atoms with Crippen molar-refractivity contribution in [3.05, 3.63) is 0 Å². The maximum Gasteiger partial charge on any atom is 0.223 e. The number of piperidine rings is 1. The van der Waals surface area contributed by atoms with Crippen molar-refractivity contribution in [2.75, 3.05) is 39.9 Å². The predicted molar refractivity (Wildman–Crippen MR) is 97.1 cm³/mol. The molecule has 3 aliphatic rings. The molecule has 0 N–H and O–H groups in total. The molecule has 2 saturated heterocycles. The number of amides is 2. The third kappa shape index (κ3) is 5.19. The number of nitrogens with zero attached hydrogens (tertiary/aromatic N) is 2. The third-order valence-corrected chi connectivity index (χ3v) is 6.33. The van der Waals surface area contributed by atoms with Crippen molar-refractivity contribution in [2.45, 2.75) is 57.8 Å². The quantitative estimate of drug-likeness (QED) is 0.740. The van der Waals surface area contributed by atoms with Gasteiger partial charge in [0.25, 0.3) is 0 Å². The van der Waals surface area contributed by atoms with Crippen LogP contribution in [0.4, 0.5) is 0 Å². The van der Waals surface area contributed by atoms with E-state index in [1.807, 2.05) is 4.90 Å². The van der Waals surface area contributed by atoms with E-state index in [9.17, 15) is 9.59 Å². The average Bonchev–Trinajstić information content (AvgIpc) is 2.96. The van der Waals surface area contributed by atoms with E-state index in [0.29, 0.717) is 36.7 Å². The second kappa shape index (κ2) is 9.02. The third-order valence-electron chi connectivity index (χ3n) is 6.33. The van der Waals surface area contributed by atoms with Gasteiger partial charge in [0.15, 0.2) is 0 Å². The normalized spacial score (nSPS) is 26.4. The Balaban J connectivity index is 1.38. The topological polar surface area (TPSA) is 49.9 Å². The molecule has 3 rings (SSSR count). The average molecular weight is 351 g/mol. The first-order valence-electron chi connectivity index (χ1n) is 10.2. The number of carbonyl (C=O) groups is 2. The summed E-state index contributed by atoms with van der Waals surface area (Å²) >= 11 is 0. The molecular formula is C20H34N2O3. The molecule has 0 aromatic heterocycles. The van der Waals surface area contributed by atoms with Crippen molar-refractivity contribution in [3.63, 3.8) is 0 Å². The van der Waals surface area contributed by atoms with Gasteiger partial charge in [0.1, 0.15) is 0 Å². The molecule has 0 spiro atoms. The van der Waals surface area contributed by atoms with Crippen molar-refractivity contribution < 1.29 is 14.3 Å². The summed E-state index contributed by atoms with van der Waals surface area (Å²) in [6.45, 7) is 4.13. The van der Waals surface area contributed by atoms with Gasteiger partial charge in [-0.3, -0.25) is 9.59 Å². The van der Waals surface area contributed by atoms with Crippen LogP contribution in [0.15, 0.2) is 0 Å². The number of ether oxygens (including phenoxy) is 1. The zero-order valence-electron chi connectivity index (χ0n) is 15.8. The maximum absolute atomic E-state index is 12.5. The van der Waals surface area contributed by atoms with Crippen LogP contribution in [0, 0.1) is 17.8 Å². The fraction of sp³-hybridized carbons (Fsp3) is 0.900. The standard InChI is InChI=1S/C20H34N2O3/c1-25-15-18-12-20(24)22(14-18)13-17-7-9-21(10-8-17)19(23)11-16-5-3-2-4-6-16/h16-18H,2-15H2,1H3. The minimum Gasteiger partial charge on any atom is -0.384 e. The van der Waals surface area contributed by atoms with Gasteiger partial charge in [0.2, 0.25) is 11.8 Å². The van der Waals surface area contributed by atoms with Crippen molar-refractivity contribution >= 4 is 11.8 Å². The molecule has 25 heavy (non-hydrogen) atoms. The molecule has 0 aromatic rings.